The number of piperidine rings is 1. The van der Waals surface area contributed by atoms with Crippen molar-refractivity contribution in [1.29, 1.82) is 0 Å². The number of methoxy groups -OCH3 is 1. The van der Waals surface area contributed by atoms with Gasteiger partial charge in [0.1, 0.15) is 5.75 Å². The van der Waals surface area contributed by atoms with Gasteiger partial charge in [-0.25, -0.2) is 0 Å². The van der Waals surface area contributed by atoms with Crippen molar-refractivity contribution < 1.29 is 19.4 Å². The number of thiophene rings is 1. The molecule has 5 nitrogen and oxygen atoms in total. The van der Waals surface area contributed by atoms with Crippen LogP contribution in [0.2, 0.25) is 0 Å². The number of hydrogen-bond donors (Lipinski definition) is 1. The Morgan fingerprint density at radius 2 is 2.10 bits per heavy atom. The lowest BCUT2D eigenvalue weighted by Gasteiger charge is -2.38. The van der Waals surface area contributed by atoms with Crippen LogP contribution in [0.25, 0.3) is 0 Å². The summed E-state index contributed by atoms with van der Waals surface area (Å²) in [6, 6.07) is 1.73. The maximum Gasteiger partial charge on any atom is 0.309 e. The predicted molar refractivity (Wildman–Crippen MR) is 81.0 cm³/mol. The van der Waals surface area contributed by atoms with E-state index in [4.69, 9.17) is 4.74 Å². The number of carbonyl (C=O) groups excluding carboxylic acids is 1. The summed E-state index contributed by atoms with van der Waals surface area (Å²) in [4.78, 5) is 26.3. The molecule has 2 rings (SSSR count). The molecule has 0 saturated carbocycles. The van der Waals surface area contributed by atoms with Crippen molar-refractivity contribution in [2.24, 2.45) is 5.41 Å². The van der Waals surface area contributed by atoms with Gasteiger partial charge in [0.25, 0.3) is 5.91 Å². The molecule has 0 aliphatic carbocycles. The van der Waals surface area contributed by atoms with Crippen LogP contribution in [0.4, 0.5) is 0 Å². The lowest BCUT2D eigenvalue weighted by atomic mass is 9.75. The van der Waals surface area contributed by atoms with Gasteiger partial charge < -0.3 is 14.7 Å². The number of amides is 1. The summed E-state index contributed by atoms with van der Waals surface area (Å²) in [5.41, 5.74) is -0.654. The summed E-state index contributed by atoms with van der Waals surface area (Å²) in [5.74, 6) is -0.0701. The standard InChI is InChI=1S/C15H21NO4S/c1-3-4-15(14(18)19)5-7-16(8-6-15)13(17)12-9-11(20-2)10-21-12/h9-10H,3-8H2,1-2H3,(H,18,19). The highest BCUT2D eigenvalue weighted by Crippen LogP contribution is 2.37. The van der Waals surface area contributed by atoms with E-state index in [2.05, 4.69) is 0 Å². The Hall–Kier alpha value is -1.56. The van der Waals surface area contributed by atoms with Crippen molar-refractivity contribution in [3.8, 4) is 5.75 Å². The molecule has 6 heteroatoms. The first-order valence-corrected chi connectivity index (χ1v) is 8.05. The van der Waals surface area contributed by atoms with Crippen molar-refractivity contribution in [2.45, 2.75) is 32.6 Å². The Morgan fingerprint density at radius 3 is 2.57 bits per heavy atom. The zero-order valence-electron chi connectivity index (χ0n) is 12.4. The van der Waals surface area contributed by atoms with E-state index in [0.29, 0.717) is 43.0 Å². The zero-order valence-corrected chi connectivity index (χ0v) is 13.2. The Kier molecular flexibility index (Phi) is 4.88. The zero-order chi connectivity index (χ0) is 15.5. The van der Waals surface area contributed by atoms with Crippen LogP contribution in [0, 0.1) is 5.41 Å². The van der Waals surface area contributed by atoms with Gasteiger partial charge in [-0.3, -0.25) is 9.59 Å². The van der Waals surface area contributed by atoms with E-state index >= 15 is 0 Å². The third-order valence-electron chi connectivity index (χ3n) is 4.21. The first-order valence-electron chi connectivity index (χ1n) is 7.17. The number of likely N-dealkylation sites (tertiary alicyclic amines) is 1. The quantitative estimate of drug-likeness (QED) is 0.908. The molecule has 0 aromatic carbocycles. The second-order valence-corrected chi connectivity index (χ2v) is 6.39. The van der Waals surface area contributed by atoms with E-state index in [1.54, 1.807) is 23.5 Å². The van der Waals surface area contributed by atoms with Crippen molar-refractivity contribution in [3.63, 3.8) is 0 Å². The molecular formula is C15H21NO4S. The molecule has 116 valence electrons. The van der Waals surface area contributed by atoms with E-state index < -0.39 is 11.4 Å². The number of ether oxygens (including phenoxy) is 1. The molecule has 1 aliphatic heterocycles. The van der Waals surface area contributed by atoms with Crippen LogP contribution >= 0.6 is 11.3 Å². The molecule has 1 fully saturated rings. The predicted octanol–water partition coefficient (Wildman–Crippen LogP) is 2.86. The molecular weight excluding hydrogens is 290 g/mol. The SMILES string of the molecule is CCCC1(C(=O)O)CCN(C(=O)c2cc(OC)cs2)CC1. The molecule has 1 aromatic heterocycles. The van der Waals surface area contributed by atoms with Crippen LogP contribution in [-0.2, 0) is 4.79 Å². The van der Waals surface area contributed by atoms with Gasteiger partial charge in [0, 0.05) is 24.5 Å². The molecule has 2 heterocycles. The van der Waals surface area contributed by atoms with Crippen LogP contribution in [0.5, 0.6) is 5.75 Å². The highest BCUT2D eigenvalue weighted by atomic mass is 32.1. The Labute approximate surface area is 128 Å². The van der Waals surface area contributed by atoms with Crippen LogP contribution < -0.4 is 4.74 Å². The van der Waals surface area contributed by atoms with Crippen molar-refractivity contribution >= 4 is 23.2 Å². The average molecular weight is 311 g/mol. The normalized spacial score (nSPS) is 17.5. The molecule has 0 unspecified atom stereocenters. The molecule has 0 atom stereocenters. The van der Waals surface area contributed by atoms with Crippen molar-refractivity contribution in [2.75, 3.05) is 20.2 Å². The summed E-state index contributed by atoms with van der Waals surface area (Å²) in [7, 11) is 1.57. The first kappa shape index (κ1) is 15.8. The summed E-state index contributed by atoms with van der Waals surface area (Å²) >= 11 is 1.36. The van der Waals surface area contributed by atoms with E-state index in [1.165, 1.54) is 11.3 Å². The Balaban J connectivity index is 2.02. The fraction of sp³-hybridized carbons (Fsp3) is 0.600. The van der Waals surface area contributed by atoms with E-state index in [9.17, 15) is 14.7 Å². The number of carboxylic acids is 1. The highest BCUT2D eigenvalue weighted by molar-refractivity contribution is 7.12. The van der Waals surface area contributed by atoms with Crippen LogP contribution in [0.1, 0.15) is 42.3 Å². The number of nitrogens with zero attached hydrogens (tertiary/aromatic N) is 1. The van der Waals surface area contributed by atoms with E-state index in [1.807, 2.05) is 6.92 Å². The topological polar surface area (TPSA) is 66.8 Å². The average Bonchev–Trinajstić information content (AvgIpc) is 2.96. The van der Waals surface area contributed by atoms with Crippen LogP contribution in [0.15, 0.2) is 11.4 Å². The lowest BCUT2D eigenvalue weighted by molar-refractivity contribution is -0.152. The number of carboxylic acid groups (broad SMARTS) is 1. The molecule has 1 amide bonds. The molecule has 1 saturated heterocycles. The summed E-state index contributed by atoms with van der Waals surface area (Å²) in [6.45, 7) is 3.01. The van der Waals surface area contributed by atoms with Gasteiger partial charge in [0.2, 0.25) is 0 Å². The Morgan fingerprint density at radius 1 is 1.43 bits per heavy atom. The minimum Gasteiger partial charge on any atom is -0.496 e. The molecule has 0 radical (unpaired) electrons. The van der Waals surface area contributed by atoms with E-state index in [-0.39, 0.29) is 5.91 Å². The van der Waals surface area contributed by atoms with Gasteiger partial charge in [-0.2, -0.15) is 0 Å². The maximum atomic E-state index is 12.4. The summed E-state index contributed by atoms with van der Waals surface area (Å²) < 4.78 is 5.09. The Bertz CT molecular complexity index is 517. The molecule has 1 aromatic rings. The maximum absolute atomic E-state index is 12.4. The van der Waals surface area contributed by atoms with E-state index in [0.717, 1.165) is 6.42 Å². The van der Waals surface area contributed by atoms with Gasteiger partial charge in [0.05, 0.1) is 17.4 Å². The fourth-order valence-corrected chi connectivity index (χ4v) is 3.70. The van der Waals surface area contributed by atoms with Crippen LogP contribution in [-0.4, -0.2) is 42.1 Å². The summed E-state index contributed by atoms with van der Waals surface area (Å²) in [6.07, 6.45) is 2.59. The van der Waals surface area contributed by atoms with Gasteiger partial charge in [-0.1, -0.05) is 13.3 Å². The molecule has 1 N–H and O–H groups in total. The smallest absolute Gasteiger partial charge is 0.309 e. The number of rotatable bonds is 5. The third kappa shape index (κ3) is 3.20. The lowest BCUT2D eigenvalue weighted by Crippen LogP contribution is -2.46. The van der Waals surface area contributed by atoms with Crippen molar-refractivity contribution in [1.82, 2.24) is 4.90 Å². The number of aliphatic carboxylic acids is 1. The second-order valence-electron chi connectivity index (χ2n) is 5.48. The second kappa shape index (κ2) is 6.47. The van der Waals surface area contributed by atoms with Gasteiger partial charge >= 0.3 is 5.97 Å². The first-order chi connectivity index (χ1) is 10.0. The fourth-order valence-electron chi connectivity index (χ4n) is 2.88. The largest absolute Gasteiger partial charge is 0.496 e. The molecule has 0 bridgehead atoms. The van der Waals surface area contributed by atoms with Crippen molar-refractivity contribution in [3.05, 3.63) is 16.3 Å². The minimum absolute atomic E-state index is 0.0289. The van der Waals surface area contributed by atoms with Gasteiger partial charge in [0.15, 0.2) is 0 Å². The van der Waals surface area contributed by atoms with Gasteiger partial charge in [-0.15, -0.1) is 11.3 Å². The summed E-state index contributed by atoms with van der Waals surface area (Å²) in [5, 5.41) is 11.3. The van der Waals surface area contributed by atoms with Crippen LogP contribution in [0.3, 0.4) is 0 Å². The molecule has 0 spiro atoms. The molecule has 21 heavy (non-hydrogen) atoms. The number of carbonyl (C=O) groups is 2. The highest BCUT2D eigenvalue weighted by Gasteiger charge is 2.41. The number of hydrogen-bond acceptors (Lipinski definition) is 4. The monoisotopic (exact) mass is 311 g/mol. The molecule has 1 aliphatic rings. The minimum atomic E-state index is -0.728. The van der Waals surface area contributed by atoms with Gasteiger partial charge in [-0.05, 0) is 19.3 Å². The third-order valence-corrected chi connectivity index (χ3v) is 5.11.